The molecule has 0 fully saturated rings. The molecule has 0 radical (unpaired) electrons. The summed E-state index contributed by atoms with van der Waals surface area (Å²) in [6.45, 7) is 0. The van der Waals surface area contributed by atoms with Crippen molar-refractivity contribution in [2.45, 2.75) is 6.42 Å². The number of nitriles is 1. The highest BCUT2D eigenvalue weighted by atomic mass is 16.6. The van der Waals surface area contributed by atoms with E-state index >= 15 is 0 Å². The van der Waals surface area contributed by atoms with Gasteiger partial charge in [0.1, 0.15) is 5.75 Å². The summed E-state index contributed by atoms with van der Waals surface area (Å²) < 4.78 is 5.21. The molecule has 1 aliphatic rings. The van der Waals surface area contributed by atoms with Crippen LogP contribution in [0.3, 0.4) is 0 Å². The number of aliphatic imine (C=N–C) groups is 1. The lowest BCUT2D eigenvalue weighted by atomic mass is 10.0. The van der Waals surface area contributed by atoms with Crippen LogP contribution in [-0.2, 0) is 4.79 Å². The lowest BCUT2D eigenvalue weighted by molar-refractivity contribution is -0.115. The van der Waals surface area contributed by atoms with E-state index in [0.29, 0.717) is 39.7 Å². The molecule has 1 aliphatic heterocycles. The first-order chi connectivity index (χ1) is 14.6. The van der Waals surface area contributed by atoms with Gasteiger partial charge in [0, 0.05) is 5.69 Å². The van der Waals surface area contributed by atoms with Crippen molar-refractivity contribution in [3.05, 3.63) is 83.9 Å². The molecule has 146 valence electrons. The minimum atomic E-state index is -0.640. The Balaban J connectivity index is 1.58. The first-order valence-corrected chi connectivity index (χ1v) is 9.16. The topological polar surface area (TPSA) is 104 Å². The number of carbonyl (C=O) groups is 2. The van der Waals surface area contributed by atoms with E-state index in [0.717, 1.165) is 0 Å². The van der Waals surface area contributed by atoms with Gasteiger partial charge in [-0.15, -0.1) is 0 Å². The summed E-state index contributed by atoms with van der Waals surface area (Å²) in [5, 5.41) is 14.5. The summed E-state index contributed by atoms with van der Waals surface area (Å²) in [7, 11) is 0. The van der Waals surface area contributed by atoms with Gasteiger partial charge in [-0.2, -0.15) is 5.26 Å². The maximum absolute atomic E-state index is 12.4. The number of amides is 2. The monoisotopic (exact) mass is 396 g/mol. The van der Waals surface area contributed by atoms with E-state index in [1.807, 2.05) is 12.1 Å². The fourth-order valence-corrected chi connectivity index (χ4v) is 3.02. The van der Waals surface area contributed by atoms with E-state index in [1.165, 1.54) is 0 Å². The van der Waals surface area contributed by atoms with Crippen molar-refractivity contribution in [2.24, 2.45) is 4.99 Å². The van der Waals surface area contributed by atoms with Crippen LogP contribution < -0.4 is 15.4 Å². The summed E-state index contributed by atoms with van der Waals surface area (Å²) in [6, 6.07) is 22.8. The summed E-state index contributed by atoms with van der Waals surface area (Å²) in [6.07, 6.45) is -0.568. The molecule has 0 saturated heterocycles. The van der Waals surface area contributed by atoms with E-state index in [9.17, 15) is 9.59 Å². The Morgan fingerprint density at radius 3 is 2.70 bits per heavy atom. The highest BCUT2D eigenvalue weighted by Crippen LogP contribution is 2.32. The average molecular weight is 396 g/mol. The Morgan fingerprint density at radius 2 is 1.90 bits per heavy atom. The number of carbonyl (C=O) groups excluding carboxylic acids is 2. The third-order valence-corrected chi connectivity index (χ3v) is 4.38. The molecular formula is C23H16N4O3. The predicted octanol–water partition coefficient (Wildman–Crippen LogP) is 4.63. The van der Waals surface area contributed by atoms with Gasteiger partial charge in [-0.3, -0.25) is 15.1 Å². The smallest absolute Gasteiger partial charge is 0.410 e. The van der Waals surface area contributed by atoms with Gasteiger partial charge >= 0.3 is 6.09 Å². The van der Waals surface area contributed by atoms with E-state index < -0.39 is 6.09 Å². The van der Waals surface area contributed by atoms with Crippen LogP contribution >= 0.6 is 0 Å². The molecule has 1 heterocycles. The first kappa shape index (κ1) is 18.9. The zero-order chi connectivity index (χ0) is 20.9. The van der Waals surface area contributed by atoms with Crippen molar-refractivity contribution >= 4 is 34.8 Å². The second kappa shape index (κ2) is 8.29. The van der Waals surface area contributed by atoms with E-state index in [-0.39, 0.29) is 12.3 Å². The molecule has 3 aromatic rings. The van der Waals surface area contributed by atoms with Crippen LogP contribution in [0, 0.1) is 11.3 Å². The van der Waals surface area contributed by atoms with Crippen LogP contribution in [0.5, 0.6) is 5.75 Å². The molecular weight excluding hydrogens is 380 g/mol. The van der Waals surface area contributed by atoms with Crippen molar-refractivity contribution in [3.8, 4) is 11.8 Å². The van der Waals surface area contributed by atoms with Crippen molar-refractivity contribution in [2.75, 3.05) is 10.6 Å². The quantitative estimate of drug-likeness (QED) is 0.673. The lowest BCUT2D eigenvalue weighted by Crippen LogP contribution is -2.17. The minimum Gasteiger partial charge on any atom is -0.410 e. The molecule has 4 rings (SSSR count). The van der Waals surface area contributed by atoms with Gasteiger partial charge in [-0.25, -0.2) is 4.79 Å². The van der Waals surface area contributed by atoms with E-state index in [2.05, 4.69) is 21.7 Å². The Bertz CT molecular complexity index is 1200. The second-order valence-corrected chi connectivity index (χ2v) is 6.54. The van der Waals surface area contributed by atoms with Crippen LogP contribution in [0.2, 0.25) is 0 Å². The van der Waals surface area contributed by atoms with Gasteiger partial charge in [0.05, 0.1) is 35.1 Å². The SMILES string of the molecule is N#Cc1cccc(C2=Nc3ccc(NC(=O)Oc4ccccc4)cc3NC(=O)C2)c1. The van der Waals surface area contributed by atoms with Gasteiger partial charge in [0.2, 0.25) is 5.91 Å². The average Bonchev–Trinajstić information content (AvgIpc) is 2.92. The zero-order valence-electron chi connectivity index (χ0n) is 15.8. The number of nitrogens with zero attached hydrogens (tertiary/aromatic N) is 2. The first-order valence-electron chi connectivity index (χ1n) is 9.16. The molecule has 3 aromatic carbocycles. The highest BCUT2D eigenvalue weighted by molar-refractivity contribution is 6.17. The van der Waals surface area contributed by atoms with E-state index in [4.69, 9.17) is 10.00 Å². The third-order valence-electron chi connectivity index (χ3n) is 4.38. The number of rotatable bonds is 3. The summed E-state index contributed by atoms with van der Waals surface area (Å²) in [5.41, 5.74) is 3.26. The molecule has 7 nitrogen and oxygen atoms in total. The molecule has 0 aliphatic carbocycles. The molecule has 30 heavy (non-hydrogen) atoms. The van der Waals surface area contributed by atoms with E-state index in [1.54, 1.807) is 60.7 Å². The van der Waals surface area contributed by atoms with Crippen LogP contribution in [0.15, 0.2) is 77.8 Å². The summed E-state index contributed by atoms with van der Waals surface area (Å²) >= 11 is 0. The molecule has 0 unspecified atom stereocenters. The Morgan fingerprint density at radius 1 is 1.07 bits per heavy atom. The van der Waals surface area contributed by atoms with Crippen LogP contribution in [0.1, 0.15) is 17.5 Å². The molecule has 2 amide bonds. The number of benzene rings is 3. The second-order valence-electron chi connectivity index (χ2n) is 6.54. The van der Waals surface area contributed by atoms with Crippen LogP contribution in [0.25, 0.3) is 0 Å². The van der Waals surface area contributed by atoms with Gasteiger partial charge in [0.15, 0.2) is 0 Å². The van der Waals surface area contributed by atoms with Crippen molar-refractivity contribution in [3.63, 3.8) is 0 Å². The van der Waals surface area contributed by atoms with Crippen LogP contribution in [-0.4, -0.2) is 17.7 Å². The van der Waals surface area contributed by atoms with Gasteiger partial charge < -0.3 is 10.1 Å². The lowest BCUT2D eigenvalue weighted by Gasteiger charge is -2.10. The molecule has 0 aromatic heterocycles. The third kappa shape index (κ3) is 4.34. The molecule has 0 saturated carbocycles. The predicted molar refractivity (Wildman–Crippen MR) is 113 cm³/mol. The minimum absolute atomic E-state index is 0.0718. The molecule has 0 spiro atoms. The maximum atomic E-state index is 12.4. The highest BCUT2D eigenvalue weighted by Gasteiger charge is 2.18. The number of hydrogen-bond acceptors (Lipinski definition) is 5. The molecule has 7 heteroatoms. The fourth-order valence-electron chi connectivity index (χ4n) is 3.02. The number of para-hydroxylation sites is 1. The zero-order valence-corrected chi connectivity index (χ0v) is 15.8. The molecule has 0 bridgehead atoms. The summed E-state index contributed by atoms with van der Waals surface area (Å²) in [5.74, 6) is 0.186. The van der Waals surface area contributed by atoms with Gasteiger partial charge in [-0.1, -0.05) is 30.3 Å². The number of nitrogens with one attached hydrogen (secondary N) is 2. The molecule has 0 atom stereocenters. The number of anilines is 2. The van der Waals surface area contributed by atoms with Crippen molar-refractivity contribution in [1.82, 2.24) is 0 Å². The maximum Gasteiger partial charge on any atom is 0.417 e. The van der Waals surface area contributed by atoms with Gasteiger partial charge in [0.25, 0.3) is 0 Å². The number of hydrogen-bond donors (Lipinski definition) is 2. The normalized spacial score (nSPS) is 12.5. The Labute approximate surface area is 172 Å². The Kier molecular flexibility index (Phi) is 5.22. The van der Waals surface area contributed by atoms with Crippen LogP contribution in [0.4, 0.5) is 21.9 Å². The molecule has 2 N–H and O–H groups in total. The van der Waals surface area contributed by atoms with Crippen molar-refractivity contribution in [1.29, 1.82) is 5.26 Å². The largest absolute Gasteiger partial charge is 0.417 e. The fraction of sp³-hybridized carbons (Fsp3) is 0.0435. The number of fused-ring (bicyclic) bond motifs is 1. The van der Waals surface area contributed by atoms with Gasteiger partial charge in [-0.05, 0) is 48.0 Å². The Hall–Kier alpha value is -4.44. The number of ether oxygens (including phenoxy) is 1. The standard InChI is InChI=1S/C23H16N4O3/c24-14-15-5-4-6-16(11-15)20-13-22(28)27-21-12-17(9-10-19(21)26-20)25-23(29)30-18-7-2-1-3-8-18/h1-12H,13H2,(H,25,29)(H,27,28). The van der Waals surface area contributed by atoms with Crippen molar-refractivity contribution < 1.29 is 14.3 Å². The summed E-state index contributed by atoms with van der Waals surface area (Å²) in [4.78, 5) is 29.1.